The zero-order valence-corrected chi connectivity index (χ0v) is 57.1. The summed E-state index contributed by atoms with van der Waals surface area (Å²) in [7, 11) is 0. The Morgan fingerprint density at radius 1 is 0.422 bits per heavy atom. The number of rotatable bonds is 20. The molecule has 4 amide bonds. The smallest absolute Gasteiger partial charge is 0.415 e. The van der Waals surface area contributed by atoms with Gasteiger partial charge in [0.15, 0.2) is 0 Å². The summed E-state index contributed by atoms with van der Waals surface area (Å²) in [5.74, 6) is -2.55. The fraction of sp³-hybridized carbons (Fsp3) is 0.648. The van der Waals surface area contributed by atoms with E-state index in [0.717, 1.165) is 22.3 Å². The number of nitrogens with zero attached hydrogens (tertiary/aromatic N) is 4. The maximum Gasteiger partial charge on any atom is 0.415 e. The number of esters is 3. The van der Waals surface area contributed by atoms with Crippen LogP contribution in [0.5, 0.6) is 11.5 Å². The van der Waals surface area contributed by atoms with Crippen molar-refractivity contribution in [1.82, 2.24) is 19.6 Å². The van der Waals surface area contributed by atoms with Crippen molar-refractivity contribution < 1.29 is 71.5 Å². The highest BCUT2D eigenvalue weighted by Gasteiger charge is 2.43. The monoisotopic (exact) mass is 1250 g/mol. The van der Waals surface area contributed by atoms with Gasteiger partial charge in [-0.15, -0.1) is 0 Å². The van der Waals surface area contributed by atoms with Gasteiger partial charge in [0.1, 0.15) is 51.7 Å². The highest BCUT2D eigenvalue weighted by molar-refractivity contribution is 5.76. The van der Waals surface area contributed by atoms with Gasteiger partial charge in [0.05, 0.1) is 24.3 Å². The van der Waals surface area contributed by atoms with Gasteiger partial charge < -0.3 is 57.5 Å². The van der Waals surface area contributed by atoms with Crippen LogP contribution in [-0.4, -0.2) is 154 Å². The van der Waals surface area contributed by atoms with Gasteiger partial charge in [0.2, 0.25) is 0 Å². The summed E-state index contributed by atoms with van der Waals surface area (Å²) in [4.78, 5) is 103. The van der Waals surface area contributed by atoms with Crippen molar-refractivity contribution in [3.63, 3.8) is 0 Å². The van der Waals surface area contributed by atoms with Crippen molar-refractivity contribution in [2.24, 2.45) is 35.5 Å². The zero-order valence-electron chi connectivity index (χ0n) is 57.1. The summed E-state index contributed by atoms with van der Waals surface area (Å²) in [5.41, 5.74) is -0.852. The standard InChI is InChI=1S/C71H104N4O15/c1-66(2,3)85-59(76)56(51-29-33-73(44-51)63(80)88-69(10,11)12)41-48-23-19-22-47(38-48)28-32-72(36-37-83-54-26-20-24-49(39-54)42-57(60(77)86-67(4,5)6)52-30-34-74(45-52)64(81)89-70(13,14)15)62(79)84-55-27-21-25-50(40-55)43-58(61(78)87-68(7,8)9)53-31-35-75(46-53)65(82)90-71(16,17)18/h19-27,38-40,51-53,56-58H,28-37,41-46H2,1-18H3/t51-,52-,53-,56-,57-,58-/m0/s1. The summed E-state index contributed by atoms with van der Waals surface area (Å²) in [5, 5.41) is 0. The van der Waals surface area contributed by atoms with E-state index in [2.05, 4.69) is 0 Å². The maximum atomic E-state index is 14.6. The number of ether oxygens (including phenoxy) is 8. The average Bonchev–Trinajstić information content (AvgIpc) is 2.32. The molecule has 3 heterocycles. The first kappa shape index (κ1) is 72.0. The molecule has 3 aliphatic rings. The lowest BCUT2D eigenvalue weighted by Gasteiger charge is -2.28. The number of amides is 4. The lowest BCUT2D eigenvalue weighted by Crippen LogP contribution is -2.38. The minimum Gasteiger partial charge on any atom is -0.492 e. The van der Waals surface area contributed by atoms with Crippen molar-refractivity contribution >= 4 is 42.3 Å². The SMILES string of the molecule is CC(C)(C)OC(=O)[C@@H](Cc1cccc(CCN(CCOc2cccc(C[C@H](C(=O)OC(C)(C)C)[C@H]3CCN(C(=O)OC(C)(C)C)C3)c2)C(=O)Oc2cccc(C[C@H](C(=O)OC(C)(C)C)[C@H]3CCN(C(=O)OC(C)(C)C)C3)c2)c1)[C@H]1CCN(C(=O)OC(C)(C)C)C1. The summed E-state index contributed by atoms with van der Waals surface area (Å²) < 4.78 is 47.6. The molecule has 3 aliphatic heterocycles. The molecule has 0 unspecified atom stereocenters. The largest absolute Gasteiger partial charge is 0.492 e. The second-order valence-electron chi connectivity index (χ2n) is 30.5. The first-order chi connectivity index (χ1) is 41.6. The quantitative estimate of drug-likeness (QED) is 0.0762. The molecule has 0 aromatic heterocycles. The second kappa shape index (κ2) is 29.9. The Balaban J connectivity index is 1.23. The van der Waals surface area contributed by atoms with E-state index < -0.39 is 75.7 Å². The Labute approximate surface area is 535 Å². The molecule has 6 atom stereocenters. The molecule has 0 spiro atoms. The Hall–Kier alpha value is -7.05. The lowest BCUT2D eigenvalue weighted by molar-refractivity contribution is -0.163. The highest BCUT2D eigenvalue weighted by atomic mass is 16.6. The Morgan fingerprint density at radius 3 is 1.11 bits per heavy atom. The van der Waals surface area contributed by atoms with Crippen LogP contribution in [0.1, 0.15) is 166 Å². The van der Waals surface area contributed by atoms with E-state index in [1.54, 1.807) is 37.8 Å². The lowest BCUT2D eigenvalue weighted by atomic mass is 9.85. The molecule has 19 nitrogen and oxygen atoms in total. The van der Waals surface area contributed by atoms with Crippen LogP contribution < -0.4 is 9.47 Å². The molecule has 3 aromatic rings. The van der Waals surface area contributed by atoms with Crippen molar-refractivity contribution in [2.75, 3.05) is 59.0 Å². The van der Waals surface area contributed by atoms with Gasteiger partial charge in [-0.3, -0.25) is 14.4 Å². The number of carbonyl (C=O) groups is 7. The van der Waals surface area contributed by atoms with Crippen LogP contribution in [0.3, 0.4) is 0 Å². The Bertz CT molecular complexity index is 2960. The Kier molecular flexibility index (Phi) is 23.9. The molecule has 0 N–H and O–H groups in total. The Morgan fingerprint density at radius 2 is 0.744 bits per heavy atom. The van der Waals surface area contributed by atoms with Crippen LogP contribution >= 0.6 is 0 Å². The second-order valence-corrected chi connectivity index (χ2v) is 30.5. The van der Waals surface area contributed by atoms with Gasteiger partial charge in [-0.25, -0.2) is 19.2 Å². The molecular formula is C71H104N4O15. The van der Waals surface area contributed by atoms with Gasteiger partial charge in [-0.1, -0.05) is 48.5 Å². The van der Waals surface area contributed by atoms with Gasteiger partial charge in [0, 0.05) is 45.8 Å². The van der Waals surface area contributed by atoms with E-state index in [-0.39, 0.29) is 67.5 Å². The number of hydrogen-bond acceptors (Lipinski definition) is 15. The molecule has 0 radical (unpaired) electrons. The molecule has 3 fully saturated rings. The highest BCUT2D eigenvalue weighted by Crippen LogP contribution is 2.35. The molecule has 19 heteroatoms. The third-order valence-electron chi connectivity index (χ3n) is 15.4. The van der Waals surface area contributed by atoms with Crippen LogP contribution in [0, 0.1) is 35.5 Å². The zero-order chi connectivity index (χ0) is 66.7. The number of benzene rings is 3. The summed E-state index contributed by atoms with van der Waals surface area (Å²) in [6.07, 6.45) is 1.27. The molecular weight excluding hydrogens is 1150 g/mol. The molecule has 6 rings (SSSR count). The average molecular weight is 1250 g/mol. The number of carbonyl (C=O) groups excluding carboxylic acids is 7. The fourth-order valence-corrected chi connectivity index (χ4v) is 11.5. The number of hydrogen-bond donors (Lipinski definition) is 0. The first-order valence-electron chi connectivity index (χ1n) is 32.1. The van der Waals surface area contributed by atoms with Crippen LogP contribution in [0.25, 0.3) is 0 Å². The molecule has 0 saturated carbocycles. The summed E-state index contributed by atoms with van der Waals surface area (Å²) in [6, 6.07) is 22.5. The molecule has 3 saturated heterocycles. The van der Waals surface area contributed by atoms with Crippen molar-refractivity contribution in [3.05, 3.63) is 95.1 Å². The molecule has 90 heavy (non-hydrogen) atoms. The third-order valence-corrected chi connectivity index (χ3v) is 15.4. The van der Waals surface area contributed by atoms with E-state index in [9.17, 15) is 33.6 Å². The summed E-state index contributed by atoms with van der Waals surface area (Å²) >= 11 is 0. The van der Waals surface area contributed by atoms with Gasteiger partial charge in [-0.2, -0.15) is 0 Å². The van der Waals surface area contributed by atoms with Crippen LogP contribution in [0.2, 0.25) is 0 Å². The van der Waals surface area contributed by atoms with E-state index in [4.69, 9.17) is 37.9 Å². The van der Waals surface area contributed by atoms with E-state index in [1.165, 1.54) is 0 Å². The van der Waals surface area contributed by atoms with E-state index in [0.29, 0.717) is 83.5 Å². The van der Waals surface area contributed by atoms with Crippen molar-refractivity contribution in [2.45, 2.75) is 203 Å². The fourth-order valence-electron chi connectivity index (χ4n) is 11.5. The van der Waals surface area contributed by atoms with Crippen LogP contribution in [-0.2, 0) is 68.5 Å². The maximum absolute atomic E-state index is 14.6. The van der Waals surface area contributed by atoms with Crippen molar-refractivity contribution in [3.8, 4) is 11.5 Å². The molecule has 3 aromatic carbocycles. The molecule has 0 aliphatic carbocycles. The predicted octanol–water partition coefficient (Wildman–Crippen LogP) is 13.1. The minimum absolute atomic E-state index is 0.0696. The van der Waals surface area contributed by atoms with Crippen molar-refractivity contribution in [1.29, 1.82) is 0 Å². The van der Waals surface area contributed by atoms with Gasteiger partial charge >= 0.3 is 42.3 Å². The topological polar surface area (TPSA) is 206 Å². The predicted molar refractivity (Wildman–Crippen MR) is 343 cm³/mol. The van der Waals surface area contributed by atoms with E-state index in [1.807, 2.05) is 179 Å². The minimum atomic E-state index is -0.757. The first-order valence-corrected chi connectivity index (χ1v) is 32.1. The van der Waals surface area contributed by atoms with Gasteiger partial charge in [-0.05, 0) is 234 Å². The molecule has 498 valence electrons. The number of likely N-dealkylation sites (tertiary alicyclic amines) is 3. The third kappa shape index (κ3) is 24.0. The molecule has 0 bridgehead atoms. The summed E-state index contributed by atoms with van der Waals surface area (Å²) in [6.45, 7) is 35.7. The van der Waals surface area contributed by atoms with Gasteiger partial charge in [0.25, 0.3) is 0 Å². The van der Waals surface area contributed by atoms with Crippen LogP contribution in [0.15, 0.2) is 72.8 Å². The van der Waals surface area contributed by atoms with Crippen LogP contribution in [0.4, 0.5) is 19.2 Å². The van der Waals surface area contributed by atoms with E-state index >= 15 is 0 Å². The normalized spacial score (nSPS) is 18.5.